The molecule has 14 nitrogen and oxygen atoms in total. The van der Waals surface area contributed by atoms with Gasteiger partial charge in [-0.1, -0.05) is 121 Å². The van der Waals surface area contributed by atoms with Gasteiger partial charge >= 0.3 is 0 Å². The van der Waals surface area contributed by atoms with Gasteiger partial charge in [0.2, 0.25) is 0 Å². The van der Waals surface area contributed by atoms with Crippen molar-refractivity contribution in [3.05, 3.63) is 322 Å². The Balaban J connectivity index is 1.05. The van der Waals surface area contributed by atoms with Gasteiger partial charge in [-0.3, -0.25) is 0 Å². The second-order valence-corrected chi connectivity index (χ2v) is 23.2. The molecular formula is C84H40N14. The highest BCUT2D eigenvalue weighted by Gasteiger charge is 2.25. The Labute approximate surface area is 561 Å². The Morgan fingerprint density at radius 2 is 0.602 bits per heavy atom. The van der Waals surface area contributed by atoms with E-state index in [1.807, 2.05) is 146 Å². The smallest absolute Gasteiger partial charge is 0.189 e. The van der Waals surface area contributed by atoms with E-state index in [2.05, 4.69) is 75.8 Å². The molecule has 0 bridgehead atoms. The lowest BCUT2D eigenvalue weighted by Gasteiger charge is -2.20. The largest absolute Gasteiger partial charge is 0.309 e. The lowest BCUT2D eigenvalue weighted by Crippen LogP contribution is -2.04. The maximum absolute atomic E-state index is 10.2. The minimum Gasteiger partial charge on any atom is -0.309 e. The van der Waals surface area contributed by atoms with Crippen LogP contribution >= 0.6 is 0 Å². The Morgan fingerprint density at radius 1 is 0.255 bits per heavy atom. The fraction of sp³-hybridized carbons (Fsp3) is 0. The van der Waals surface area contributed by atoms with Gasteiger partial charge in [-0.05, 0) is 171 Å². The minimum absolute atomic E-state index is 0.312. The molecular weight excluding hydrogens is 1210 g/mol. The molecule has 12 aromatic carbocycles. The molecule has 0 N–H and O–H groups in total. The van der Waals surface area contributed by atoms with E-state index in [1.165, 1.54) is 0 Å². The lowest BCUT2D eigenvalue weighted by atomic mass is 9.97. The number of fused-ring (bicyclic) bond motifs is 6. The molecule has 14 heteroatoms. The van der Waals surface area contributed by atoms with E-state index in [9.17, 15) is 21.0 Å². The molecule has 98 heavy (non-hydrogen) atoms. The van der Waals surface area contributed by atoms with Gasteiger partial charge in [0.25, 0.3) is 0 Å². The van der Waals surface area contributed by atoms with Crippen molar-refractivity contribution in [3.63, 3.8) is 0 Å². The van der Waals surface area contributed by atoms with Crippen molar-refractivity contribution in [1.82, 2.24) is 24.1 Å². The van der Waals surface area contributed by atoms with E-state index in [1.54, 1.807) is 78.9 Å². The molecule has 0 saturated carbocycles. The summed E-state index contributed by atoms with van der Waals surface area (Å²) in [6, 6.07) is 84.5. The second-order valence-electron chi connectivity index (χ2n) is 23.2. The van der Waals surface area contributed by atoms with E-state index in [-0.39, 0.29) is 0 Å². The number of nitriles is 4. The topological polar surface area (TPSA) is 165 Å². The molecule has 0 amide bonds. The molecule has 15 aromatic rings. The van der Waals surface area contributed by atoms with Crippen LogP contribution in [0.25, 0.3) is 169 Å². The van der Waals surface area contributed by atoms with Crippen LogP contribution < -0.4 is 0 Å². The monoisotopic (exact) mass is 1240 g/mol. The Bertz CT molecular complexity index is 5920. The van der Waals surface area contributed by atoms with Crippen LogP contribution in [0.1, 0.15) is 22.3 Å². The van der Waals surface area contributed by atoms with Crippen molar-refractivity contribution in [2.45, 2.75) is 0 Å². The van der Waals surface area contributed by atoms with E-state index < -0.39 is 0 Å². The van der Waals surface area contributed by atoms with Gasteiger partial charge in [0.05, 0.1) is 102 Å². The summed E-state index contributed by atoms with van der Waals surface area (Å²) in [6.07, 6.45) is 0. The quantitative estimate of drug-likeness (QED) is 0.123. The van der Waals surface area contributed by atoms with Crippen molar-refractivity contribution >= 4 is 72.0 Å². The van der Waals surface area contributed by atoms with Crippen LogP contribution in [0.2, 0.25) is 0 Å². The van der Waals surface area contributed by atoms with E-state index >= 15 is 0 Å². The molecule has 446 valence electrons. The summed E-state index contributed by atoms with van der Waals surface area (Å²) in [7, 11) is 0. The van der Waals surface area contributed by atoms with Gasteiger partial charge in [0, 0.05) is 54.9 Å². The van der Waals surface area contributed by atoms with Crippen molar-refractivity contribution < 1.29 is 0 Å². The summed E-state index contributed by atoms with van der Waals surface area (Å²) in [4.78, 5) is 34.4. The standard InChI is InChI=1S/C84H40N14/c1-89-65-21-27-80(97-76-23-17-56(61-29-50(46-85)28-51(30-61)47-86)39-71(76)72-40-57(18-24-77(72)97)62-31-52(48-87)33-66(35-62)90-2)75(45-65)70-22-16-60(84-95-82(54-12-8-6-9-13-54)94-83(96-84)55-14-10-7-11-15-55)43-81(70)98-78-25-19-58(63-32-53(49-88)34-67(36-63)91-3)41-73(78)74-42-59(20-26-79(74)98)64-37-68(92-4)44-69(38-64)93-5/h6-45H. The van der Waals surface area contributed by atoms with Crippen molar-refractivity contribution in [2.24, 2.45) is 0 Å². The first-order chi connectivity index (χ1) is 48.0. The van der Waals surface area contributed by atoms with Crippen LogP contribution in [0.3, 0.4) is 0 Å². The zero-order valence-electron chi connectivity index (χ0n) is 51.4. The third kappa shape index (κ3) is 10.5. The zero-order valence-corrected chi connectivity index (χ0v) is 51.4. The zero-order chi connectivity index (χ0) is 67.1. The predicted molar refractivity (Wildman–Crippen MR) is 382 cm³/mol. The van der Waals surface area contributed by atoms with Crippen LogP contribution in [-0.2, 0) is 0 Å². The minimum atomic E-state index is 0.312. The second kappa shape index (κ2) is 24.4. The van der Waals surface area contributed by atoms with Gasteiger partial charge in [-0.25, -0.2) is 39.2 Å². The van der Waals surface area contributed by atoms with Crippen molar-refractivity contribution in [1.29, 1.82) is 21.0 Å². The number of hydrogen-bond acceptors (Lipinski definition) is 7. The summed E-state index contributed by atoms with van der Waals surface area (Å²) < 4.78 is 4.35. The molecule has 3 aromatic heterocycles. The lowest BCUT2D eigenvalue weighted by molar-refractivity contribution is 1.07. The summed E-state index contributed by atoms with van der Waals surface area (Å²) in [6.45, 7) is 40.4. The first-order valence-electron chi connectivity index (χ1n) is 30.5. The van der Waals surface area contributed by atoms with Gasteiger partial charge < -0.3 is 9.13 Å². The van der Waals surface area contributed by atoms with Crippen LogP contribution in [0.15, 0.2) is 243 Å². The fourth-order valence-electron chi connectivity index (χ4n) is 12.9. The Kier molecular flexibility index (Phi) is 14.7. The van der Waals surface area contributed by atoms with Gasteiger partial charge in [0.1, 0.15) is 0 Å². The number of hydrogen-bond donors (Lipinski definition) is 0. The first-order valence-corrected chi connectivity index (χ1v) is 30.5. The molecule has 0 unspecified atom stereocenters. The Morgan fingerprint density at radius 3 is 1.00 bits per heavy atom. The summed E-state index contributed by atoms with van der Waals surface area (Å²) >= 11 is 0. The highest BCUT2D eigenvalue weighted by atomic mass is 15.0. The molecule has 0 aliphatic rings. The highest BCUT2D eigenvalue weighted by molar-refractivity contribution is 6.14. The Hall–Kier alpha value is -15.3. The molecule has 3 heterocycles. The van der Waals surface area contributed by atoms with Gasteiger partial charge in [0.15, 0.2) is 45.9 Å². The molecule has 0 aliphatic carbocycles. The molecule has 0 radical (unpaired) electrons. The number of nitrogens with zero attached hydrogens (tertiary/aromatic N) is 14. The summed E-state index contributed by atoms with van der Waals surface area (Å²) in [5.74, 6) is 1.30. The van der Waals surface area contributed by atoms with Gasteiger partial charge in [-0.15, -0.1) is 0 Å². The highest BCUT2D eigenvalue weighted by Crippen LogP contribution is 2.47. The van der Waals surface area contributed by atoms with E-state index in [0.29, 0.717) is 118 Å². The molecule has 0 aliphatic heterocycles. The molecule has 0 atom stereocenters. The van der Waals surface area contributed by atoms with Gasteiger partial charge in [-0.2, -0.15) is 21.0 Å². The average Bonchev–Trinajstić information content (AvgIpc) is 1.55. The molecule has 15 rings (SSSR count). The predicted octanol–water partition coefficient (Wildman–Crippen LogP) is 21.6. The summed E-state index contributed by atoms with van der Waals surface area (Å²) in [5.41, 5.74) is 16.6. The molecule has 0 fully saturated rings. The third-order valence-electron chi connectivity index (χ3n) is 17.4. The van der Waals surface area contributed by atoms with Crippen LogP contribution in [0.5, 0.6) is 0 Å². The fourth-order valence-corrected chi connectivity index (χ4v) is 12.9. The van der Waals surface area contributed by atoms with E-state index in [0.717, 1.165) is 77.0 Å². The maximum Gasteiger partial charge on any atom is 0.189 e. The van der Waals surface area contributed by atoms with Crippen LogP contribution in [0.4, 0.5) is 28.4 Å². The van der Waals surface area contributed by atoms with Crippen molar-refractivity contribution in [2.75, 3.05) is 0 Å². The normalized spacial score (nSPS) is 10.8. The number of rotatable bonds is 10. The van der Waals surface area contributed by atoms with E-state index in [4.69, 9.17) is 47.8 Å². The molecule has 0 spiro atoms. The average molecular weight is 1250 g/mol. The number of benzene rings is 12. The first kappa shape index (κ1) is 59.0. The van der Waals surface area contributed by atoms with Crippen LogP contribution in [-0.4, -0.2) is 24.1 Å². The van der Waals surface area contributed by atoms with Crippen LogP contribution in [0, 0.1) is 78.2 Å². The summed E-state index contributed by atoms with van der Waals surface area (Å²) in [5, 5.41) is 43.7. The SMILES string of the molecule is [C-]#[N+]c1cc(C#N)cc(-c2ccc3c(c2)c2cc(-c4cc(C#N)cc(C#N)c4)ccc2n3-c2ccc([N+]#[C-])cc2-c2ccc(-c3nc(-c4ccccc4)nc(-c4ccccc4)n3)cc2-n2c3ccc(-c4cc(C#N)cc([N+]#[C-])c4)cc3c3cc(-c4cc([N+]#[C-])cc([N+]#[C-])c4)ccc32)c1. The van der Waals surface area contributed by atoms with Crippen molar-refractivity contribution in [3.8, 4) is 125 Å². The third-order valence-corrected chi connectivity index (χ3v) is 17.4. The number of aromatic nitrogens is 5. The maximum atomic E-state index is 10.2. The molecule has 0 saturated heterocycles.